The number of piperazine rings is 1. The minimum Gasteiger partial charge on any atom is -0.382 e. The molecule has 1 unspecified atom stereocenters. The lowest BCUT2D eigenvalue weighted by atomic mass is 10.0. The average molecular weight is 272 g/mol. The molecule has 0 aromatic heterocycles. The number of hydrogen-bond acceptors (Lipinski definition) is 4. The van der Waals surface area contributed by atoms with Gasteiger partial charge in [0.25, 0.3) is 0 Å². The monoisotopic (exact) mass is 272 g/mol. The van der Waals surface area contributed by atoms with Crippen molar-refractivity contribution in [2.24, 2.45) is 5.92 Å². The third-order valence-electron chi connectivity index (χ3n) is 3.54. The van der Waals surface area contributed by atoms with Crippen LogP contribution in [0.15, 0.2) is 0 Å². The number of nitrogens with zero attached hydrogens (tertiary/aromatic N) is 1. The van der Waals surface area contributed by atoms with Gasteiger partial charge in [-0.2, -0.15) is 0 Å². The summed E-state index contributed by atoms with van der Waals surface area (Å²) in [4.78, 5) is 2.60. The molecule has 0 saturated carbocycles. The molecule has 0 amide bonds. The lowest BCUT2D eigenvalue weighted by Crippen LogP contribution is -2.51. The normalized spacial score (nSPS) is 21.2. The van der Waals surface area contributed by atoms with Gasteiger partial charge in [-0.15, -0.1) is 0 Å². The first-order valence-corrected chi connectivity index (χ1v) is 7.74. The van der Waals surface area contributed by atoms with Crippen LogP contribution in [0.4, 0.5) is 0 Å². The minimum absolute atomic E-state index is 0.687. The molecule has 4 nitrogen and oxygen atoms in total. The van der Waals surface area contributed by atoms with Gasteiger partial charge in [-0.05, 0) is 31.7 Å². The molecule has 0 aliphatic carbocycles. The Labute approximate surface area is 118 Å². The van der Waals surface area contributed by atoms with Gasteiger partial charge in [0.2, 0.25) is 0 Å². The molecule has 114 valence electrons. The van der Waals surface area contributed by atoms with Crippen LogP contribution in [-0.2, 0) is 9.47 Å². The summed E-state index contributed by atoms with van der Waals surface area (Å²) in [6.07, 6.45) is 3.68. The van der Waals surface area contributed by atoms with E-state index in [-0.39, 0.29) is 0 Å². The Morgan fingerprint density at radius 1 is 1.21 bits per heavy atom. The second-order valence-corrected chi connectivity index (χ2v) is 5.89. The van der Waals surface area contributed by atoms with Crippen LogP contribution in [0.1, 0.15) is 33.1 Å². The maximum Gasteiger partial charge on any atom is 0.0700 e. The molecule has 1 N–H and O–H groups in total. The largest absolute Gasteiger partial charge is 0.382 e. The van der Waals surface area contributed by atoms with Gasteiger partial charge < -0.3 is 19.7 Å². The Morgan fingerprint density at radius 2 is 2.05 bits per heavy atom. The molecule has 1 saturated heterocycles. The van der Waals surface area contributed by atoms with Crippen LogP contribution >= 0.6 is 0 Å². The summed E-state index contributed by atoms with van der Waals surface area (Å²) in [7, 11) is 1.71. The number of nitrogens with one attached hydrogen (secondary N) is 1. The van der Waals surface area contributed by atoms with Gasteiger partial charge in [0.1, 0.15) is 0 Å². The summed E-state index contributed by atoms with van der Waals surface area (Å²) in [6.45, 7) is 11.7. The van der Waals surface area contributed by atoms with E-state index in [1.54, 1.807) is 7.11 Å². The van der Waals surface area contributed by atoms with Crippen LogP contribution in [0.5, 0.6) is 0 Å². The highest BCUT2D eigenvalue weighted by Crippen LogP contribution is 2.10. The summed E-state index contributed by atoms with van der Waals surface area (Å²) in [5, 5.41) is 3.62. The third-order valence-corrected chi connectivity index (χ3v) is 3.54. The quantitative estimate of drug-likeness (QED) is 0.614. The fraction of sp³-hybridized carbons (Fsp3) is 1.00. The second kappa shape index (κ2) is 10.6. The summed E-state index contributed by atoms with van der Waals surface area (Å²) in [5.74, 6) is 0.784. The molecule has 1 heterocycles. The predicted octanol–water partition coefficient (Wildman–Crippen LogP) is 1.75. The third kappa shape index (κ3) is 8.58. The van der Waals surface area contributed by atoms with Gasteiger partial charge in [0.05, 0.1) is 13.2 Å². The lowest BCUT2D eigenvalue weighted by Gasteiger charge is -2.34. The fourth-order valence-electron chi connectivity index (χ4n) is 2.61. The fourth-order valence-corrected chi connectivity index (χ4v) is 2.61. The first-order chi connectivity index (χ1) is 9.22. The number of methoxy groups -OCH3 is 1. The molecule has 19 heavy (non-hydrogen) atoms. The highest BCUT2D eigenvalue weighted by Gasteiger charge is 2.19. The van der Waals surface area contributed by atoms with E-state index in [2.05, 4.69) is 24.1 Å². The van der Waals surface area contributed by atoms with Crippen molar-refractivity contribution in [2.45, 2.75) is 39.2 Å². The van der Waals surface area contributed by atoms with Gasteiger partial charge in [0, 0.05) is 39.4 Å². The van der Waals surface area contributed by atoms with Gasteiger partial charge >= 0.3 is 0 Å². The Kier molecular flexibility index (Phi) is 9.43. The summed E-state index contributed by atoms with van der Waals surface area (Å²) in [6, 6.07) is 0.687. The van der Waals surface area contributed by atoms with E-state index in [9.17, 15) is 0 Å². The Balaban J connectivity index is 1.99. The van der Waals surface area contributed by atoms with Crippen molar-refractivity contribution < 1.29 is 9.47 Å². The van der Waals surface area contributed by atoms with Gasteiger partial charge in [-0.1, -0.05) is 13.8 Å². The molecule has 1 atom stereocenters. The molecule has 0 aromatic carbocycles. The van der Waals surface area contributed by atoms with Crippen molar-refractivity contribution in [3.8, 4) is 0 Å². The molecule has 1 fully saturated rings. The first-order valence-electron chi connectivity index (χ1n) is 7.74. The van der Waals surface area contributed by atoms with Crippen LogP contribution in [0.3, 0.4) is 0 Å². The number of hydrogen-bond donors (Lipinski definition) is 1. The summed E-state index contributed by atoms with van der Waals surface area (Å²) >= 11 is 0. The summed E-state index contributed by atoms with van der Waals surface area (Å²) < 4.78 is 10.4. The van der Waals surface area contributed by atoms with Crippen LogP contribution in [0.2, 0.25) is 0 Å². The zero-order valence-electron chi connectivity index (χ0n) is 13.0. The average Bonchev–Trinajstić information content (AvgIpc) is 2.37. The zero-order valence-corrected chi connectivity index (χ0v) is 13.0. The first kappa shape index (κ1) is 16.9. The van der Waals surface area contributed by atoms with Gasteiger partial charge in [0.15, 0.2) is 0 Å². The maximum absolute atomic E-state index is 5.48. The molecule has 4 heteroatoms. The van der Waals surface area contributed by atoms with E-state index < -0.39 is 0 Å². The van der Waals surface area contributed by atoms with Crippen molar-refractivity contribution in [1.82, 2.24) is 10.2 Å². The molecule has 1 rings (SSSR count). The Morgan fingerprint density at radius 3 is 2.79 bits per heavy atom. The maximum atomic E-state index is 5.48. The van der Waals surface area contributed by atoms with Crippen LogP contribution in [0, 0.1) is 5.92 Å². The molecule has 0 spiro atoms. The number of ether oxygens (including phenoxy) is 2. The van der Waals surface area contributed by atoms with E-state index >= 15 is 0 Å². The SMILES string of the molecule is COCCOCCCCN1CCNC(CC(C)C)C1. The zero-order chi connectivity index (χ0) is 13.9. The lowest BCUT2D eigenvalue weighted by molar-refractivity contribution is 0.0670. The highest BCUT2D eigenvalue weighted by atomic mass is 16.5. The number of unbranched alkanes of at least 4 members (excludes halogenated alkanes) is 1. The molecule has 0 aromatic rings. The molecule has 0 bridgehead atoms. The van der Waals surface area contributed by atoms with Crippen molar-refractivity contribution in [2.75, 3.05) is 53.1 Å². The molecule has 1 aliphatic heterocycles. The molecular weight excluding hydrogens is 240 g/mol. The smallest absolute Gasteiger partial charge is 0.0700 e. The molecular formula is C15H32N2O2. The van der Waals surface area contributed by atoms with Crippen molar-refractivity contribution >= 4 is 0 Å². The highest BCUT2D eigenvalue weighted by molar-refractivity contribution is 4.79. The van der Waals surface area contributed by atoms with E-state index in [1.807, 2.05) is 0 Å². The van der Waals surface area contributed by atoms with Gasteiger partial charge in [-0.25, -0.2) is 0 Å². The topological polar surface area (TPSA) is 33.7 Å². The van der Waals surface area contributed by atoms with E-state index in [4.69, 9.17) is 9.47 Å². The van der Waals surface area contributed by atoms with Crippen molar-refractivity contribution in [3.05, 3.63) is 0 Å². The van der Waals surface area contributed by atoms with E-state index in [0.29, 0.717) is 12.6 Å². The van der Waals surface area contributed by atoms with E-state index in [0.717, 1.165) is 32.1 Å². The van der Waals surface area contributed by atoms with Crippen LogP contribution in [-0.4, -0.2) is 64.1 Å². The molecule has 0 radical (unpaired) electrons. The molecule has 1 aliphatic rings. The number of rotatable bonds is 10. The van der Waals surface area contributed by atoms with E-state index in [1.165, 1.54) is 32.5 Å². The second-order valence-electron chi connectivity index (χ2n) is 5.89. The minimum atomic E-state index is 0.687. The van der Waals surface area contributed by atoms with Crippen molar-refractivity contribution in [1.29, 1.82) is 0 Å². The Bertz CT molecular complexity index is 212. The van der Waals surface area contributed by atoms with Crippen LogP contribution < -0.4 is 5.32 Å². The van der Waals surface area contributed by atoms with Crippen LogP contribution in [0.25, 0.3) is 0 Å². The predicted molar refractivity (Wildman–Crippen MR) is 79.6 cm³/mol. The summed E-state index contributed by atoms with van der Waals surface area (Å²) in [5.41, 5.74) is 0. The standard InChI is InChI=1S/C15H32N2O2/c1-14(2)12-15-13-17(8-6-16-15)7-4-5-9-19-11-10-18-3/h14-16H,4-13H2,1-3H3. The van der Waals surface area contributed by atoms with Crippen molar-refractivity contribution in [3.63, 3.8) is 0 Å². The Hall–Kier alpha value is -0.160. The van der Waals surface area contributed by atoms with Gasteiger partial charge in [-0.3, -0.25) is 0 Å².